The molecule has 3 amide bonds. The second kappa shape index (κ2) is 8.94. The molecule has 1 saturated heterocycles. The number of piperidine rings is 1. The van der Waals surface area contributed by atoms with Crippen LogP contribution >= 0.6 is 0 Å². The second-order valence-electron chi connectivity index (χ2n) is 9.44. The van der Waals surface area contributed by atoms with E-state index in [4.69, 9.17) is 0 Å². The first-order valence-corrected chi connectivity index (χ1v) is 11.4. The molecule has 2 heterocycles. The van der Waals surface area contributed by atoms with Crippen LogP contribution in [0.2, 0.25) is 0 Å². The highest BCUT2D eigenvalue weighted by molar-refractivity contribution is 6.05. The van der Waals surface area contributed by atoms with E-state index in [0.717, 1.165) is 12.1 Å². The molecule has 184 valence electrons. The number of carbonyl (C=O) groups excluding carboxylic acids is 4. The first-order valence-electron chi connectivity index (χ1n) is 11.4. The molecule has 9 heteroatoms. The average molecular weight is 486 g/mol. The van der Waals surface area contributed by atoms with E-state index in [1.165, 1.54) is 30.9 Å². The minimum absolute atomic E-state index is 0.0455. The van der Waals surface area contributed by atoms with E-state index in [0.29, 0.717) is 16.7 Å². The lowest BCUT2D eigenvalue weighted by molar-refractivity contribution is -0.144. The fraction of sp³-hybridized carbons (Fsp3) is 0.385. The molecule has 6 nitrogen and oxygen atoms in total. The van der Waals surface area contributed by atoms with Gasteiger partial charge in [0.1, 0.15) is 11.7 Å². The van der Waals surface area contributed by atoms with E-state index in [1.54, 1.807) is 18.2 Å². The number of alkyl halides is 3. The Bertz CT molecular complexity index is 1200. The zero-order chi connectivity index (χ0) is 25.5. The van der Waals surface area contributed by atoms with Crippen LogP contribution in [0.1, 0.15) is 65.7 Å². The van der Waals surface area contributed by atoms with Crippen molar-refractivity contribution in [3.63, 3.8) is 0 Å². The third-order valence-electron chi connectivity index (χ3n) is 6.51. The molecule has 1 N–H and O–H groups in total. The van der Waals surface area contributed by atoms with Crippen molar-refractivity contribution in [3.05, 3.63) is 70.3 Å². The van der Waals surface area contributed by atoms with Gasteiger partial charge in [0.25, 0.3) is 5.91 Å². The second-order valence-corrected chi connectivity index (χ2v) is 9.44. The lowest BCUT2D eigenvalue weighted by Gasteiger charge is -2.29. The van der Waals surface area contributed by atoms with E-state index in [1.807, 2.05) is 0 Å². The average Bonchev–Trinajstić information content (AvgIpc) is 3.12. The molecule has 2 aromatic carbocycles. The van der Waals surface area contributed by atoms with Crippen molar-refractivity contribution in [3.8, 4) is 0 Å². The minimum atomic E-state index is -3.71. The van der Waals surface area contributed by atoms with Gasteiger partial charge in [-0.25, -0.2) is 4.39 Å². The van der Waals surface area contributed by atoms with Crippen molar-refractivity contribution >= 4 is 23.5 Å². The molecule has 2 aliphatic heterocycles. The lowest BCUT2D eigenvalue weighted by atomic mass is 9.94. The molecular formula is C26H25F3N2O4. The van der Waals surface area contributed by atoms with Gasteiger partial charge in [-0.2, -0.15) is 8.78 Å². The molecule has 0 spiro atoms. The molecule has 35 heavy (non-hydrogen) atoms. The van der Waals surface area contributed by atoms with Gasteiger partial charge in [-0.15, -0.1) is 0 Å². The summed E-state index contributed by atoms with van der Waals surface area (Å²) >= 11 is 0. The molecule has 0 aliphatic carbocycles. The molecule has 0 radical (unpaired) electrons. The maximum Gasteiger partial charge on any atom is 0.330 e. The van der Waals surface area contributed by atoms with E-state index < -0.39 is 41.3 Å². The molecule has 0 aromatic heterocycles. The number of imide groups is 1. The summed E-state index contributed by atoms with van der Waals surface area (Å²) in [6.07, 6.45) is 0.00780. The highest BCUT2D eigenvalue weighted by Gasteiger charge is 2.41. The first kappa shape index (κ1) is 24.6. The van der Waals surface area contributed by atoms with Crippen LogP contribution in [0.5, 0.6) is 0 Å². The van der Waals surface area contributed by atoms with E-state index in [2.05, 4.69) is 5.32 Å². The normalized spacial score (nSPS) is 18.5. The third-order valence-corrected chi connectivity index (χ3v) is 6.51. The van der Waals surface area contributed by atoms with Crippen molar-refractivity contribution in [1.29, 1.82) is 0 Å². The van der Waals surface area contributed by atoms with Crippen LogP contribution in [-0.2, 0) is 38.9 Å². The summed E-state index contributed by atoms with van der Waals surface area (Å²) in [4.78, 5) is 50.1. The van der Waals surface area contributed by atoms with Crippen molar-refractivity contribution in [2.75, 3.05) is 0 Å². The highest BCUT2D eigenvalue weighted by atomic mass is 19.3. The number of fused-ring (bicyclic) bond motifs is 1. The summed E-state index contributed by atoms with van der Waals surface area (Å²) in [5.41, 5.74) is -0.272. The number of nitrogens with zero attached hydrogens (tertiary/aromatic N) is 1. The van der Waals surface area contributed by atoms with Gasteiger partial charge in [0.05, 0.1) is 0 Å². The molecule has 4 rings (SSSR count). The Labute approximate surface area is 200 Å². The van der Waals surface area contributed by atoms with Crippen molar-refractivity contribution in [2.45, 2.75) is 63.7 Å². The molecule has 1 atom stereocenters. The summed E-state index contributed by atoms with van der Waals surface area (Å²) in [6, 6.07) is 8.75. The van der Waals surface area contributed by atoms with Gasteiger partial charge in [-0.3, -0.25) is 24.5 Å². The van der Waals surface area contributed by atoms with Crippen molar-refractivity contribution in [2.24, 2.45) is 0 Å². The van der Waals surface area contributed by atoms with Crippen molar-refractivity contribution < 1.29 is 32.3 Å². The van der Waals surface area contributed by atoms with Crippen LogP contribution in [-0.4, -0.2) is 34.4 Å². The number of hydrogen-bond acceptors (Lipinski definition) is 4. The largest absolute Gasteiger partial charge is 0.330 e. The van der Waals surface area contributed by atoms with Gasteiger partial charge in [0.2, 0.25) is 17.6 Å². The van der Waals surface area contributed by atoms with Gasteiger partial charge in [-0.1, -0.05) is 36.4 Å². The number of ketones is 1. The Balaban J connectivity index is 1.42. The zero-order valence-corrected chi connectivity index (χ0v) is 19.4. The van der Waals surface area contributed by atoms with Crippen LogP contribution in [0.15, 0.2) is 42.5 Å². The van der Waals surface area contributed by atoms with Crippen LogP contribution < -0.4 is 5.32 Å². The Morgan fingerprint density at radius 1 is 1.03 bits per heavy atom. The van der Waals surface area contributed by atoms with E-state index in [9.17, 15) is 32.3 Å². The summed E-state index contributed by atoms with van der Waals surface area (Å²) in [7, 11) is 0. The van der Waals surface area contributed by atoms with Crippen LogP contribution in [0.25, 0.3) is 0 Å². The summed E-state index contributed by atoms with van der Waals surface area (Å²) in [5, 5.41) is 2.24. The number of rotatable bonds is 7. The lowest BCUT2D eigenvalue weighted by Crippen LogP contribution is -2.52. The van der Waals surface area contributed by atoms with Crippen LogP contribution in [0.3, 0.4) is 0 Å². The Morgan fingerprint density at radius 3 is 2.31 bits per heavy atom. The summed E-state index contributed by atoms with van der Waals surface area (Å²) < 4.78 is 43.4. The fourth-order valence-electron chi connectivity index (χ4n) is 4.44. The molecule has 0 saturated carbocycles. The van der Waals surface area contributed by atoms with E-state index in [-0.39, 0.29) is 43.2 Å². The molecule has 1 fully saturated rings. The number of benzene rings is 2. The molecule has 1 unspecified atom stereocenters. The number of carbonyl (C=O) groups is 4. The number of Topliss-reactive ketones (excluding diaryl/α,β-unsaturated/α-hetero) is 1. The van der Waals surface area contributed by atoms with Gasteiger partial charge in [-0.05, 0) is 49.4 Å². The van der Waals surface area contributed by atoms with Gasteiger partial charge in [0.15, 0.2) is 0 Å². The predicted molar refractivity (Wildman–Crippen MR) is 120 cm³/mol. The minimum Gasteiger partial charge on any atom is -0.322 e. The Morgan fingerprint density at radius 2 is 1.69 bits per heavy atom. The highest BCUT2D eigenvalue weighted by Crippen LogP contribution is 2.34. The first-order chi connectivity index (χ1) is 16.4. The molecular weight excluding hydrogens is 461 g/mol. The standard InChI is InChI=1S/C26H25F3N2O4/c1-25(2,27)17-5-7-18(8-6-17)26(28,29)21(32)11-4-15-3-9-19-16(13-15)14-31(24(19)35)20-10-12-22(33)30-23(20)34/h3,5-9,13,20H,4,10-12,14H2,1-2H3,(H,30,33,34). The topological polar surface area (TPSA) is 83.6 Å². The Hall–Kier alpha value is -3.49. The number of aryl methyl sites for hydroxylation is 1. The monoisotopic (exact) mass is 486 g/mol. The number of hydrogen-bond donors (Lipinski definition) is 1. The van der Waals surface area contributed by atoms with E-state index >= 15 is 0 Å². The van der Waals surface area contributed by atoms with Gasteiger partial charge >= 0.3 is 5.92 Å². The van der Waals surface area contributed by atoms with Crippen LogP contribution in [0.4, 0.5) is 13.2 Å². The smallest absolute Gasteiger partial charge is 0.322 e. The number of nitrogens with one attached hydrogen (secondary N) is 1. The third kappa shape index (κ3) is 4.85. The van der Waals surface area contributed by atoms with Gasteiger partial charge < -0.3 is 4.90 Å². The molecule has 0 bridgehead atoms. The maximum atomic E-state index is 14.7. The van der Waals surface area contributed by atoms with Crippen molar-refractivity contribution in [1.82, 2.24) is 10.2 Å². The maximum absolute atomic E-state index is 14.7. The molecule has 2 aromatic rings. The Kier molecular flexibility index (Phi) is 6.29. The number of halogens is 3. The number of amides is 3. The fourth-order valence-corrected chi connectivity index (χ4v) is 4.44. The predicted octanol–water partition coefficient (Wildman–Crippen LogP) is 3.95. The van der Waals surface area contributed by atoms with Crippen LogP contribution in [0, 0.1) is 0 Å². The van der Waals surface area contributed by atoms with Gasteiger partial charge in [0, 0.05) is 30.5 Å². The SMILES string of the molecule is CC(C)(F)c1ccc(C(F)(F)C(=O)CCc2ccc3c(c2)CN(C2CCC(=O)NC2=O)C3=O)cc1. The summed E-state index contributed by atoms with van der Waals surface area (Å²) in [6.45, 7) is 2.80. The summed E-state index contributed by atoms with van der Waals surface area (Å²) in [5.74, 6) is -6.19. The zero-order valence-electron chi connectivity index (χ0n) is 19.4. The quantitative estimate of drug-likeness (QED) is 0.601. The molecule has 2 aliphatic rings.